The van der Waals surface area contributed by atoms with Gasteiger partial charge in [0.25, 0.3) is 0 Å². The number of methoxy groups -OCH3 is 1. The summed E-state index contributed by atoms with van der Waals surface area (Å²) in [5, 5.41) is 13.7. The van der Waals surface area contributed by atoms with E-state index in [-0.39, 0.29) is 6.04 Å². The van der Waals surface area contributed by atoms with Gasteiger partial charge >= 0.3 is 0 Å². The third-order valence-electron chi connectivity index (χ3n) is 4.55. The molecule has 132 valence electrons. The molecule has 1 atom stereocenters. The molecular formula is C21H22N4O. The third kappa shape index (κ3) is 3.70. The molecule has 3 rings (SSSR count). The second kappa shape index (κ2) is 7.75. The van der Waals surface area contributed by atoms with Crippen molar-refractivity contribution in [2.75, 3.05) is 12.0 Å². The van der Waals surface area contributed by atoms with Crippen LogP contribution in [0.3, 0.4) is 0 Å². The van der Waals surface area contributed by atoms with Crippen LogP contribution in [-0.2, 0) is 13.6 Å². The molecule has 0 N–H and O–H groups in total. The minimum Gasteiger partial charge on any atom is -0.497 e. The number of hydrogen-bond donors (Lipinski definition) is 0. The molecule has 5 heteroatoms. The maximum Gasteiger partial charge on any atom is 0.119 e. The zero-order chi connectivity index (χ0) is 18.5. The Labute approximate surface area is 154 Å². The van der Waals surface area contributed by atoms with Gasteiger partial charge in [-0.3, -0.25) is 4.68 Å². The van der Waals surface area contributed by atoms with Gasteiger partial charge in [0.05, 0.1) is 36.7 Å². The first kappa shape index (κ1) is 17.6. The van der Waals surface area contributed by atoms with Gasteiger partial charge in [-0.15, -0.1) is 0 Å². The highest BCUT2D eigenvalue weighted by Crippen LogP contribution is 2.30. The number of benzene rings is 2. The van der Waals surface area contributed by atoms with Crippen LogP contribution in [-0.4, -0.2) is 16.9 Å². The van der Waals surface area contributed by atoms with Gasteiger partial charge in [-0.2, -0.15) is 10.4 Å². The van der Waals surface area contributed by atoms with Crippen molar-refractivity contribution in [3.63, 3.8) is 0 Å². The van der Waals surface area contributed by atoms with E-state index in [4.69, 9.17) is 4.74 Å². The summed E-state index contributed by atoms with van der Waals surface area (Å²) in [5.74, 6) is 0.831. The zero-order valence-electron chi connectivity index (χ0n) is 15.3. The predicted octanol–water partition coefficient (Wildman–Crippen LogP) is 4.07. The SMILES string of the molecule is COc1cccc(C(C)N(Cc2ccccc2C#N)c2cnn(C)c2)c1. The molecule has 0 amide bonds. The Kier molecular flexibility index (Phi) is 5.23. The van der Waals surface area contributed by atoms with Gasteiger partial charge < -0.3 is 9.64 Å². The molecule has 0 saturated heterocycles. The van der Waals surface area contributed by atoms with Crippen molar-refractivity contribution in [1.29, 1.82) is 5.26 Å². The summed E-state index contributed by atoms with van der Waals surface area (Å²) in [6.45, 7) is 2.77. The molecule has 2 aromatic carbocycles. The molecule has 0 bridgehead atoms. The Hall–Kier alpha value is -3.26. The maximum atomic E-state index is 9.43. The highest BCUT2D eigenvalue weighted by atomic mass is 16.5. The van der Waals surface area contributed by atoms with Crippen LogP contribution in [0.1, 0.15) is 29.7 Å². The molecule has 0 saturated carbocycles. The third-order valence-corrected chi connectivity index (χ3v) is 4.55. The standard InChI is InChI=1S/C21H22N4O/c1-16(17-9-6-10-21(11-17)26-3)25(20-13-23-24(2)15-20)14-19-8-5-4-7-18(19)12-22/h4-11,13,15-16H,14H2,1-3H3. The summed E-state index contributed by atoms with van der Waals surface area (Å²) >= 11 is 0. The number of nitriles is 1. The molecule has 1 unspecified atom stereocenters. The highest BCUT2D eigenvalue weighted by Gasteiger charge is 2.20. The zero-order valence-corrected chi connectivity index (χ0v) is 15.3. The quantitative estimate of drug-likeness (QED) is 0.675. The summed E-state index contributed by atoms with van der Waals surface area (Å²) in [6, 6.07) is 18.2. The van der Waals surface area contributed by atoms with Gasteiger partial charge in [0.2, 0.25) is 0 Å². The number of anilines is 1. The van der Waals surface area contributed by atoms with Crippen LogP contribution in [0.2, 0.25) is 0 Å². The monoisotopic (exact) mass is 346 g/mol. The summed E-state index contributed by atoms with van der Waals surface area (Å²) in [6.07, 6.45) is 3.84. The Morgan fingerprint density at radius 2 is 2.04 bits per heavy atom. The molecule has 1 aromatic heterocycles. The summed E-state index contributed by atoms with van der Waals surface area (Å²) in [4.78, 5) is 2.25. The van der Waals surface area contributed by atoms with Gasteiger partial charge in [-0.05, 0) is 36.2 Å². The number of nitrogens with zero attached hydrogens (tertiary/aromatic N) is 4. The lowest BCUT2D eigenvalue weighted by molar-refractivity contribution is 0.413. The largest absolute Gasteiger partial charge is 0.497 e. The topological polar surface area (TPSA) is 54.1 Å². The van der Waals surface area contributed by atoms with E-state index in [2.05, 4.69) is 29.1 Å². The lowest BCUT2D eigenvalue weighted by Crippen LogP contribution is -2.26. The van der Waals surface area contributed by atoms with Crippen LogP contribution in [0.15, 0.2) is 60.9 Å². The fourth-order valence-electron chi connectivity index (χ4n) is 3.04. The molecule has 26 heavy (non-hydrogen) atoms. The van der Waals surface area contributed by atoms with Crippen molar-refractivity contribution in [3.05, 3.63) is 77.6 Å². The van der Waals surface area contributed by atoms with E-state index in [1.165, 1.54) is 0 Å². The van der Waals surface area contributed by atoms with Crippen LogP contribution < -0.4 is 9.64 Å². The van der Waals surface area contributed by atoms with E-state index in [0.29, 0.717) is 12.1 Å². The Morgan fingerprint density at radius 3 is 2.73 bits per heavy atom. The number of aryl methyl sites for hydroxylation is 1. The van der Waals surface area contributed by atoms with E-state index in [1.54, 1.807) is 11.8 Å². The molecule has 0 spiro atoms. The van der Waals surface area contributed by atoms with Crippen molar-refractivity contribution >= 4 is 5.69 Å². The van der Waals surface area contributed by atoms with Crippen molar-refractivity contribution in [2.24, 2.45) is 7.05 Å². The highest BCUT2D eigenvalue weighted by molar-refractivity contribution is 5.49. The number of rotatable bonds is 6. The summed E-state index contributed by atoms with van der Waals surface area (Å²) in [7, 11) is 3.58. The van der Waals surface area contributed by atoms with Crippen molar-refractivity contribution in [1.82, 2.24) is 9.78 Å². The van der Waals surface area contributed by atoms with Crippen LogP contribution in [0.5, 0.6) is 5.75 Å². The average Bonchev–Trinajstić information content (AvgIpc) is 3.11. The van der Waals surface area contributed by atoms with E-state index in [9.17, 15) is 5.26 Å². The summed E-state index contributed by atoms with van der Waals surface area (Å²) < 4.78 is 7.16. The molecule has 0 aliphatic rings. The van der Waals surface area contributed by atoms with Gasteiger partial charge in [-0.1, -0.05) is 30.3 Å². The molecule has 1 heterocycles. The van der Waals surface area contributed by atoms with Crippen molar-refractivity contribution < 1.29 is 4.74 Å². The number of aromatic nitrogens is 2. The van der Waals surface area contributed by atoms with Crippen LogP contribution >= 0.6 is 0 Å². The minimum atomic E-state index is 0.0843. The van der Waals surface area contributed by atoms with Crippen LogP contribution in [0.4, 0.5) is 5.69 Å². The molecule has 3 aromatic rings. The summed E-state index contributed by atoms with van der Waals surface area (Å²) in [5.41, 5.74) is 3.84. The smallest absolute Gasteiger partial charge is 0.119 e. The first-order chi connectivity index (χ1) is 12.6. The Morgan fingerprint density at radius 1 is 1.23 bits per heavy atom. The average molecular weight is 346 g/mol. The van der Waals surface area contributed by atoms with Gasteiger partial charge in [0.1, 0.15) is 5.75 Å². The number of ether oxygens (including phenoxy) is 1. The second-order valence-electron chi connectivity index (χ2n) is 6.22. The fraction of sp³-hybridized carbons (Fsp3) is 0.238. The van der Waals surface area contributed by atoms with E-state index in [1.807, 2.05) is 61.9 Å². The van der Waals surface area contributed by atoms with E-state index < -0.39 is 0 Å². The maximum absolute atomic E-state index is 9.43. The van der Waals surface area contributed by atoms with Crippen LogP contribution in [0, 0.1) is 11.3 Å². The van der Waals surface area contributed by atoms with E-state index >= 15 is 0 Å². The normalized spacial score (nSPS) is 11.6. The van der Waals surface area contributed by atoms with Crippen molar-refractivity contribution in [2.45, 2.75) is 19.5 Å². The van der Waals surface area contributed by atoms with E-state index in [0.717, 1.165) is 22.6 Å². The molecule has 0 fully saturated rings. The fourth-order valence-corrected chi connectivity index (χ4v) is 3.04. The molecular weight excluding hydrogens is 324 g/mol. The van der Waals surface area contributed by atoms with Gasteiger partial charge in [0.15, 0.2) is 0 Å². The van der Waals surface area contributed by atoms with Gasteiger partial charge in [-0.25, -0.2) is 0 Å². The van der Waals surface area contributed by atoms with Crippen LogP contribution in [0.25, 0.3) is 0 Å². The second-order valence-corrected chi connectivity index (χ2v) is 6.22. The number of hydrogen-bond acceptors (Lipinski definition) is 4. The predicted molar refractivity (Wildman–Crippen MR) is 102 cm³/mol. The Balaban J connectivity index is 1.99. The lowest BCUT2D eigenvalue weighted by atomic mass is 10.0. The Bertz CT molecular complexity index is 926. The lowest BCUT2D eigenvalue weighted by Gasteiger charge is -2.31. The van der Waals surface area contributed by atoms with Crippen molar-refractivity contribution in [3.8, 4) is 11.8 Å². The van der Waals surface area contributed by atoms with Gasteiger partial charge in [0, 0.05) is 19.8 Å². The molecule has 0 aliphatic carbocycles. The molecule has 0 aliphatic heterocycles. The molecule has 5 nitrogen and oxygen atoms in total. The minimum absolute atomic E-state index is 0.0843. The molecule has 0 radical (unpaired) electrons. The first-order valence-electron chi connectivity index (χ1n) is 8.49. The first-order valence-corrected chi connectivity index (χ1v) is 8.49.